The number of ether oxygens (including phenoxy) is 2. The van der Waals surface area contributed by atoms with Crippen LogP contribution in [-0.4, -0.2) is 77.3 Å². The van der Waals surface area contributed by atoms with Gasteiger partial charge in [0.25, 0.3) is 5.91 Å². The molecule has 2 fully saturated rings. The Bertz CT molecular complexity index is 1560. The lowest BCUT2D eigenvalue weighted by molar-refractivity contribution is -0.148. The highest BCUT2D eigenvalue weighted by atomic mass is 16.5. The van der Waals surface area contributed by atoms with Crippen LogP contribution >= 0.6 is 0 Å². The number of fused-ring (bicyclic) bond motifs is 2. The second kappa shape index (κ2) is 12.0. The molecule has 244 valence electrons. The van der Waals surface area contributed by atoms with E-state index in [1.54, 1.807) is 14.7 Å². The molecule has 3 amide bonds. The van der Waals surface area contributed by atoms with Crippen LogP contribution in [0.2, 0.25) is 0 Å². The maximum absolute atomic E-state index is 15.0. The Morgan fingerprint density at radius 2 is 1.57 bits per heavy atom. The third kappa shape index (κ3) is 4.95. The van der Waals surface area contributed by atoms with Gasteiger partial charge in [0.15, 0.2) is 0 Å². The predicted molar refractivity (Wildman–Crippen MR) is 177 cm³/mol. The topological polar surface area (TPSA) is 99.6 Å². The number of hydrogen-bond acceptors (Lipinski definition) is 6. The van der Waals surface area contributed by atoms with Crippen molar-refractivity contribution in [2.75, 3.05) is 36.1 Å². The van der Waals surface area contributed by atoms with Crippen LogP contribution in [0.5, 0.6) is 5.75 Å². The Morgan fingerprint density at radius 3 is 2.20 bits per heavy atom. The van der Waals surface area contributed by atoms with Crippen molar-refractivity contribution in [1.29, 1.82) is 0 Å². The number of aryl methyl sites for hydroxylation is 2. The van der Waals surface area contributed by atoms with Crippen LogP contribution in [0.4, 0.5) is 11.4 Å². The second-order valence-corrected chi connectivity index (χ2v) is 13.6. The Balaban J connectivity index is 1.48. The lowest BCUT2D eigenvalue weighted by Gasteiger charge is -2.40. The summed E-state index contributed by atoms with van der Waals surface area (Å²) in [7, 11) is 0. The maximum atomic E-state index is 15.0. The highest BCUT2D eigenvalue weighted by Gasteiger charge is 2.75. The molecule has 2 aromatic rings. The Hall–Kier alpha value is -3.95. The number of hydrogen-bond donors (Lipinski definition) is 1. The number of aliphatic hydroxyl groups excluding tert-OH is 1. The Morgan fingerprint density at radius 1 is 0.913 bits per heavy atom. The number of anilines is 2. The first kappa shape index (κ1) is 32.0. The van der Waals surface area contributed by atoms with E-state index in [0.29, 0.717) is 37.6 Å². The van der Waals surface area contributed by atoms with Gasteiger partial charge in [-0.25, -0.2) is 0 Å². The SMILES string of the molecule is CCOc1ccc(N2CC=C[C@]3(C)O[C@]45C=CCN(c6c(C)cccc6C)C(=O)C4N([C@@H](CO)CC(C)C)C(=O)[C@@H]5[C@@H]3C2=O)cc1. The van der Waals surface area contributed by atoms with Gasteiger partial charge in [-0.2, -0.15) is 0 Å². The number of amides is 3. The van der Waals surface area contributed by atoms with Gasteiger partial charge < -0.3 is 29.3 Å². The number of benzene rings is 2. The lowest BCUT2D eigenvalue weighted by Crippen LogP contribution is -2.59. The van der Waals surface area contributed by atoms with Crippen LogP contribution in [0.25, 0.3) is 0 Å². The third-order valence-corrected chi connectivity index (χ3v) is 10.0. The first-order valence-corrected chi connectivity index (χ1v) is 16.4. The molecular weight excluding hydrogens is 582 g/mol. The van der Waals surface area contributed by atoms with Crippen molar-refractivity contribution >= 4 is 29.1 Å². The molecule has 0 radical (unpaired) electrons. The molecule has 0 saturated carbocycles. The van der Waals surface area contributed by atoms with Crippen molar-refractivity contribution < 1.29 is 29.0 Å². The van der Waals surface area contributed by atoms with E-state index in [-0.39, 0.29) is 30.2 Å². The minimum Gasteiger partial charge on any atom is -0.494 e. The average Bonchev–Trinajstić information content (AvgIpc) is 3.29. The third-order valence-electron chi connectivity index (χ3n) is 10.0. The molecular formula is C37H45N3O6. The zero-order valence-corrected chi connectivity index (χ0v) is 27.6. The summed E-state index contributed by atoms with van der Waals surface area (Å²) in [6.45, 7) is 12.6. The monoisotopic (exact) mass is 627 g/mol. The molecule has 4 aliphatic heterocycles. The fourth-order valence-corrected chi connectivity index (χ4v) is 8.23. The lowest BCUT2D eigenvalue weighted by atomic mass is 9.74. The summed E-state index contributed by atoms with van der Waals surface area (Å²) in [5.41, 5.74) is 0.812. The maximum Gasteiger partial charge on any atom is 0.253 e. The zero-order valence-electron chi connectivity index (χ0n) is 27.6. The highest BCUT2D eigenvalue weighted by Crippen LogP contribution is 2.58. The quantitative estimate of drug-likeness (QED) is 0.430. The zero-order chi connectivity index (χ0) is 33.0. The largest absolute Gasteiger partial charge is 0.494 e. The van der Waals surface area contributed by atoms with Crippen molar-refractivity contribution in [2.24, 2.45) is 17.8 Å². The van der Waals surface area contributed by atoms with Gasteiger partial charge in [0.05, 0.1) is 36.7 Å². The van der Waals surface area contributed by atoms with E-state index in [1.807, 2.05) is 108 Å². The fraction of sp³-hybridized carbons (Fsp3) is 0.486. The molecule has 4 aliphatic rings. The summed E-state index contributed by atoms with van der Waals surface area (Å²) >= 11 is 0. The van der Waals surface area contributed by atoms with Crippen molar-refractivity contribution in [1.82, 2.24) is 4.90 Å². The van der Waals surface area contributed by atoms with E-state index in [0.717, 1.165) is 16.8 Å². The molecule has 0 aliphatic carbocycles. The van der Waals surface area contributed by atoms with Gasteiger partial charge in [0.1, 0.15) is 17.4 Å². The summed E-state index contributed by atoms with van der Waals surface area (Å²) in [4.78, 5) is 49.5. The van der Waals surface area contributed by atoms with Crippen molar-refractivity contribution in [2.45, 2.75) is 71.2 Å². The van der Waals surface area contributed by atoms with Crippen LogP contribution < -0.4 is 14.5 Å². The van der Waals surface area contributed by atoms with E-state index < -0.39 is 35.1 Å². The van der Waals surface area contributed by atoms with Gasteiger partial charge in [-0.3, -0.25) is 14.4 Å². The first-order valence-electron chi connectivity index (χ1n) is 16.4. The molecule has 46 heavy (non-hydrogen) atoms. The number of nitrogens with zero attached hydrogens (tertiary/aromatic N) is 3. The number of likely N-dealkylation sites (tertiary alicyclic amines) is 1. The molecule has 1 N–H and O–H groups in total. The molecule has 1 unspecified atom stereocenters. The summed E-state index contributed by atoms with van der Waals surface area (Å²) < 4.78 is 12.6. The van der Waals surface area contributed by atoms with Crippen LogP contribution in [0.3, 0.4) is 0 Å². The number of rotatable bonds is 8. The van der Waals surface area contributed by atoms with Crippen LogP contribution in [0.1, 0.15) is 45.2 Å². The van der Waals surface area contributed by atoms with Gasteiger partial charge in [-0.15, -0.1) is 0 Å². The molecule has 0 bridgehead atoms. The minimum absolute atomic E-state index is 0.149. The molecule has 6 rings (SSSR count). The van der Waals surface area contributed by atoms with Crippen molar-refractivity contribution in [3.8, 4) is 5.75 Å². The smallest absolute Gasteiger partial charge is 0.253 e. The fourth-order valence-electron chi connectivity index (χ4n) is 8.23. The van der Waals surface area contributed by atoms with Gasteiger partial charge in [0, 0.05) is 24.5 Å². The number of carbonyl (C=O) groups is 3. The van der Waals surface area contributed by atoms with Gasteiger partial charge in [0.2, 0.25) is 11.8 Å². The summed E-state index contributed by atoms with van der Waals surface area (Å²) in [6.07, 6.45) is 8.05. The molecule has 4 heterocycles. The van der Waals surface area contributed by atoms with Gasteiger partial charge in [-0.1, -0.05) is 56.4 Å². The predicted octanol–water partition coefficient (Wildman–Crippen LogP) is 4.59. The number of para-hydroxylation sites is 1. The van der Waals surface area contributed by atoms with E-state index in [2.05, 4.69) is 0 Å². The molecule has 2 saturated heterocycles. The number of carbonyl (C=O) groups excluding carboxylic acids is 3. The Labute approximate surface area is 271 Å². The summed E-state index contributed by atoms with van der Waals surface area (Å²) in [6, 6.07) is 11.6. The molecule has 0 aromatic heterocycles. The van der Waals surface area contributed by atoms with E-state index in [1.165, 1.54) is 0 Å². The Kier molecular flexibility index (Phi) is 8.36. The second-order valence-electron chi connectivity index (χ2n) is 13.6. The average molecular weight is 628 g/mol. The molecule has 2 aromatic carbocycles. The molecule has 9 nitrogen and oxygen atoms in total. The summed E-state index contributed by atoms with van der Waals surface area (Å²) in [5.74, 6) is -1.87. The molecule has 9 heteroatoms. The standard InChI is InChI=1S/C37H45N3O6/c1-7-45-28-15-13-26(14-16-28)38-19-9-17-36(6)29(33(38)42)30-34(43)40(27(22-41)21-23(2)3)32-35(44)39(20-10-18-37(30,32)46-36)31-24(4)11-8-12-25(31)5/h8-18,23,27,29-30,32,41H,7,19-22H2,1-6H3/t27-,29-,30+,32?,36+,37+/m1/s1. The van der Waals surface area contributed by atoms with E-state index in [4.69, 9.17) is 9.47 Å². The van der Waals surface area contributed by atoms with E-state index in [9.17, 15) is 19.5 Å². The normalized spacial score (nSPS) is 29.5. The van der Waals surface area contributed by atoms with Crippen LogP contribution in [-0.2, 0) is 19.1 Å². The van der Waals surface area contributed by atoms with Crippen molar-refractivity contribution in [3.05, 3.63) is 77.9 Å². The highest BCUT2D eigenvalue weighted by molar-refractivity contribution is 6.08. The molecule has 6 atom stereocenters. The van der Waals surface area contributed by atoms with Crippen molar-refractivity contribution in [3.63, 3.8) is 0 Å². The summed E-state index contributed by atoms with van der Waals surface area (Å²) in [5, 5.41) is 10.7. The van der Waals surface area contributed by atoms with Gasteiger partial charge >= 0.3 is 0 Å². The minimum atomic E-state index is -1.41. The van der Waals surface area contributed by atoms with E-state index >= 15 is 0 Å². The molecule has 1 spiro atoms. The van der Waals surface area contributed by atoms with Crippen LogP contribution in [0.15, 0.2) is 66.8 Å². The first-order chi connectivity index (χ1) is 22.0. The van der Waals surface area contributed by atoms with Gasteiger partial charge in [-0.05, 0) is 75.4 Å². The van der Waals surface area contributed by atoms with Crippen LogP contribution in [0, 0.1) is 31.6 Å². The number of aliphatic hydroxyl groups is 1.